The first-order valence-electron chi connectivity index (χ1n) is 9.45. The van der Waals surface area contributed by atoms with Gasteiger partial charge in [0.05, 0.1) is 31.0 Å². The molecule has 2 aliphatic heterocycles. The molecule has 1 atom stereocenters. The van der Waals surface area contributed by atoms with Crippen LogP contribution >= 0.6 is 0 Å². The van der Waals surface area contributed by atoms with Crippen molar-refractivity contribution in [1.82, 2.24) is 4.90 Å². The van der Waals surface area contributed by atoms with Crippen LogP contribution in [0.1, 0.15) is 11.1 Å². The largest absolute Gasteiger partial charge is 0.477 e. The van der Waals surface area contributed by atoms with Gasteiger partial charge in [-0.05, 0) is 29.8 Å². The summed E-state index contributed by atoms with van der Waals surface area (Å²) < 4.78 is 50.4. The minimum absolute atomic E-state index is 0.128. The summed E-state index contributed by atoms with van der Waals surface area (Å²) in [6.45, 7) is 2.51. The van der Waals surface area contributed by atoms with E-state index in [9.17, 15) is 18.0 Å². The van der Waals surface area contributed by atoms with Crippen molar-refractivity contribution in [3.05, 3.63) is 59.7 Å². The Labute approximate surface area is 166 Å². The lowest BCUT2D eigenvalue weighted by Gasteiger charge is -2.38. The minimum atomic E-state index is -4.40. The molecule has 2 aromatic rings. The molecule has 2 heterocycles. The maximum atomic E-state index is 13.1. The Morgan fingerprint density at radius 2 is 1.83 bits per heavy atom. The summed E-state index contributed by atoms with van der Waals surface area (Å²) in [6.07, 6.45) is -5.11. The number of hydrogen-bond acceptors (Lipinski definition) is 4. The molecule has 5 nitrogen and oxygen atoms in total. The van der Waals surface area contributed by atoms with Gasteiger partial charge in [0.2, 0.25) is 0 Å². The van der Waals surface area contributed by atoms with Crippen molar-refractivity contribution in [2.75, 3.05) is 37.7 Å². The summed E-state index contributed by atoms with van der Waals surface area (Å²) in [5.41, 5.74) is 0.600. The average Bonchev–Trinajstić information content (AvgIpc) is 2.73. The van der Waals surface area contributed by atoms with Gasteiger partial charge in [0.1, 0.15) is 5.75 Å². The fourth-order valence-electron chi connectivity index (χ4n) is 3.64. The van der Waals surface area contributed by atoms with Gasteiger partial charge in [-0.15, -0.1) is 0 Å². The molecule has 2 aromatic carbocycles. The third-order valence-electron chi connectivity index (χ3n) is 5.09. The van der Waals surface area contributed by atoms with E-state index >= 15 is 0 Å². The Morgan fingerprint density at radius 1 is 1.07 bits per heavy atom. The summed E-state index contributed by atoms with van der Waals surface area (Å²) in [5.74, 6) is 0.425. The van der Waals surface area contributed by atoms with Crippen molar-refractivity contribution < 1.29 is 27.4 Å². The molecule has 0 aromatic heterocycles. The zero-order valence-electron chi connectivity index (χ0n) is 15.7. The molecule has 2 aliphatic rings. The third-order valence-corrected chi connectivity index (χ3v) is 5.09. The Kier molecular flexibility index (Phi) is 5.36. The fraction of sp³-hybridized carbons (Fsp3) is 0.381. The molecule has 154 valence electrons. The molecular formula is C21H21F3N2O3. The van der Waals surface area contributed by atoms with Gasteiger partial charge < -0.3 is 19.3 Å². The number of anilines is 1. The second kappa shape index (κ2) is 7.94. The van der Waals surface area contributed by atoms with E-state index in [1.807, 2.05) is 23.1 Å². The van der Waals surface area contributed by atoms with Crippen molar-refractivity contribution in [3.8, 4) is 5.75 Å². The van der Waals surface area contributed by atoms with Crippen LogP contribution in [0.25, 0.3) is 0 Å². The topological polar surface area (TPSA) is 42.0 Å². The van der Waals surface area contributed by atoms with E-state index in [1.165, 1.54) is 6.07 Å². The van der Waals surface area contributed by atoms with Gasteiger partial charge in [-0.25, -0.2) is 0 Å². The first-order valence-corrected chi connectivity index (χ1v) is 9.45. The summed E-state index contributed by atoms with van der Waals surface area (Å²) >= 11 is 0. The number of halogens is 3. The van der Waals surface area contributed by atoms with Gasteiger partial charge in [-0.2, -0.15) is 13.2 Å². The van der Waals surface area contributed by atoms with Crippen LogP contribution in [0.4, 0.5) is 18.9 Å². The van der Waals surface area contributed by atoms with E-state index in [4.69, 9.17) is 9.47 Å². The average molecular weight is 406 g/mol. The minimum Gasteiger partial charge on any atom is -0.477 e. The van der Waals surface area contributed by atoms with Crippen LogP contribution in [0.2, 0.25) is 0 Å². The molecule has 1 amide bonds. The highest BCUT2D eigenvalue weighted by molar-refractivity contribution is 5.83. The third kappa shape index (κ3) is 4.32. The van der Waals surface area contributed by atoms with Gasteiger partial charge >= 0.3 is 6.18 Å². The van der Waals surface area contributed by atoms with Crippen molar-refractivity contribution in [1.29, 1.82) is 0 Å². The molecule has 0 aliphatic carbocycles. The molecule has 0 saturated carbocycles. The van der Waals surface area contributed by atoms with Crippen molar-refractivity contribution >= 4 is 11.6 Å². The maximum absolute atomic E-state index is 13.1. The van der Waals surface area contributed by atoms with Gasteiger partial charge in [0.15, 0.2) is 6.10 Å². The van der Waals surface area contributed by atoms with Gasteiger partial charge in [-0.3, -0.25) is 4.79 Å². The van der Waals surface area contributed by atoms with Crippen LogP contribution in [0.5, 0.6) is 5.75 Å². The number of ether oxygens (including phenoxy) is 2. The van der Waals surface area contributed by atoms with Crippen LogP contribution < -0.4 is 9.64 Å². The molecule has 1 unspecified atom stereocenters. The van der Waals surface area contributed by atoms with E-state index < -0.39 is 17.8 Å². The van der Waals surface area contributed by atoms with E-state index in [0.29, 0.717) is 37.6 Å². The normalized spacial score (nSPS) is 19.5. The molecule has 1 fully saturated rings. The summed E-state index contributed by atoms with van der Waals surface area (Å²) in [7, 11) is 0. The summed E-state index contributed by atoms with van der Waals surface area (Å²) in [4.78, 5) is 16.5. The standard InChI is InChI=1S/C21H21F3N2O3/c22-21(23,24)16-5-3-4-15(12-16)13-26-14-19(20(27)25-8-10-28-11-9-25)29-18-7-2-1-6-17(18)26/h1-7,12,19H,8-11,13-14H2. The number of hydrogen-bond donors (Lipinski definition) is 0. The van der Waals surface area contributed by atoms with E-state index in [0.717, 1.165) is 17.8 Å². The monoisotopic (exact) mass is 406 g/mol. The van der Waals surface area contributed by atoms with Crippen LogP contribution in [0.3, 0.4) is 0 Å². The van der Waals surface area contributed by atoms with Crippen molar-refractivity contribution in [2.45, 2.75) is 18.8 Å². The number of alkyl halides is 3. The highest BCUT2D eigenvalue weighted by Crippen LogP contribution is 2.35. The number of fused-ring (bicyclic) bond motifs is 1. The Bertz CT molecular complexity index is 881. The number of morpholine rings is 1. The molecule has 0 spiro atoms. The maximum Gasteiger partial charge on any atom is 0.416 e. The molecule has 0 N–H and O–H groups in total. The number of carbonyl (C=O) groups excluding carboxylic acids is 1. The lowest BCUT2D eigenvalue weighted by atomic mass is 10.1. The molecule has 4 rings (SSSR count). The van der Waals surface area contributed by atoms with Crippen molar-refractivity contribution in [3.63, 3.8) is 0 Å². The lowest BCUT2D eigenvalue weighted by Crippen LogP contribution is -2.52. The van der Waals surface area contributed by atoms with Crippen molar-refractivity contribution in [2.24, 2.45) is 0 Å². The molecule has 8 heteroatoms. The zero-order valence-corrected chi connectivity index (χ0v) is 15.7. The second-order valence-electron chi connectivity index (χ2n) is 7.09. The van der Waals surface area contributed by atoms with E-state index in [-0.39, 0.29) is 19.0 Å². The highest BCUT2D eigenvalue weighted by Gasteiger charge is 2.35. The van der Waals surface area contributed by atoms with Crippen LogP contribution in [0.15, 0.2) is 48.5 Å². The summed E-state index contributed by atoms with van der Waals surface area (Å²) in [6, 6.07) is 12.5. The summed E-state index contributed by atoms with van der Waals surface area (Å²) in [5, 5.41) is 0. The quantitative estimate of drug-likeness (QED) is 0.784. The number of amides is 1. The zero-order chi connectivity index (χ0) is 20.4. The smallest absolute Gasteiger partial charge is 0.416 e. The number of para-hydroxylation sites is 2. The Morgan fingerprint density at radius 3 is 2.59 bits per heavy atom. The Hall–Kier alpha value is -2.74. The molecule has 1 saturated heterocycles. The first-order chi connectivity index (χ1) is 13.9. The molecule has 0 radical (unpaired) electrons. The number of nitrogens with zero attached hydrogens (tertiary/aromatic N) is 2. The Balaban J connectivity index is 1.58. The van der Waals surface area contributed by atoms with Gasteiger partial charge in [-0.1, -0.05) is 24.3 Å². The van der Waals surface area contributed by atoms with E-state index in [1.54, 1.807) is 17.0 Å². The van der Waals surface area contributed by atoms with Crippen LogP contribution in [-0.2, 0) is 22.3 Å². The van der Waals surface area contributed by atoms with E-state index in [2.05, 4.69) is 0 Å². The highest BCUT2D eigenvalue weighted by atomic mass is 19.4. The SMILES string of the molecule is O=C(C1CN(Cc2cccc(C(F)(F)F)c2)c2ccccc2O1)N1CCOCC1. The second-order valence-corrected chi connectivity index (χ2v) is 7.09. The van der Waals surface area contributed by atoms with Gasteiger partial charge in [0.25, 0.3) is 5.91 Å². The molecule has 29 heavy (non-hydrogen) atoms. The number of rotatable bonds is 3. The van der Waals surface area contributed by atoms with Gasteiger partial charge in [0, 0.05) is 19.6 Å². The fourth-order valence-corrected chi connectivity index (χ4v) is 3.64. The first kappa shape index (κ1) is 19.6. The van der Waals surface area contributed by atoms with Crippen LogP contribution in [-0.4, -0.2) is 49.8 Å². The van der Waals surface area contributed by atoms with Crippen LogP contribution in [0, 0.1) is 0 Å². The lowest BCUT2D eigenvalue weighted by molar-refractivity contribution is -0.142. The number of carbonyl (C=O) groups is 1. The predicted octanol–water partition coefficient (Wildman–Crippen LogP) is 3.33. The molecule has 0 bridgehead atoms. The predicted molar refractivity (Wildman–Crippen MR) is 101 cm³/mol. The number of benzene rings is 2. The molecular weight excluding hydrogens is 385 g/mol.